The first-order valence-electron chi connectivity index (χ1n) is 5.29. The van der Waals surface area contributed by atoms with Crippen LogP contribution in [0.25, 0.3) is 0 Å². The van der Waals surface area contributed by atoms with Gasteiger partial charge in [0.1, 0.15) is 5.69 Å². The van der Waals surface area contributed by atoms with Gasteiger partial charge in [-0.2, -0.15) is 28.6 Å². The summed E-state index contributed by atoms with van der Waals surface area (Å²) in [6.07, 6.45) is 0. The van der Waals surface area contributed by atoms with E-state index in [1.807, 2.05) is 23.5 Å². The zero-order chi connectivity index (χ0) is 12.1. The normalized spacial score (nSPS) is 19.9. The van der Waals surface area contributed by atoms with Crippen molar-refractivity contribution in [1.29, 1.82) is 0 Å². The number of hydrogen-bond donors (Lipinski definition) is 2. The second-order valence-corrected chi connectivity index (χ2v) is 6.14. The number of aromatic amines is 1. The van der Waals surface area contributed by atoms with Crippen LogP contribution in [0.5, 0.6) is 0 Å². The van der Waals surface area contributed by atoms with Gasteiger partial charge in [0.2, 0.25) is 0 Å². The minimum atomic E-state index is -0.305. The first-order valence-corrected chi connectivity index (χ1v) is 7.49. The van der Waals surface area contributed by atoms with Gasteiger partial charge < -0.3 is 5.32 Å². The molecule has 2 heterocycles. The highest BCUT2D eigenvalue weighted by atomic mass is 32.2. The largest absolute Gasteiger partial charge is 0.349 e. The van der Waals surface area contributed by atoms with Crippen LogP contribution >= 0.6 is 23.5 Å². The van der Waals surface area contributed by atoms with Crippen molar-refractivity contribution < 1.29 is 4.79 Å². The molecule has 0 aliphatic carbocycles. The van der Waals surface area contributed by atoms with Gasteiger partial charge in [-0.25, -0.2) is 5.10 Å². The summed E-state index contributed by atoms with van der Waals surface area (Å²) in [6.45, 7) is 0.650. The quantitative estimate of drug-likeness (QED) is 0.829. The molecule has 1 aliphatic rings. The van der Waals surface area contributed by atoms with Gasteiger partial charge in [-0.1, -0.05) is 0 Å². The number of nitrogens with zero attached hydrogens (tertiary/aromatic N) is 1. The summed E-state index contributed by atoms with van der Waals surface area (Å²) in [6, 6.07) is 2.73. The van der Waals surface area contributed by atoms with Crippen LogP contribution in [0.2, 0.25) is 0 Å². The van der Waals surface area contributed by atoms with Crippen molar-refractivity contribution in [1.82, 2.24) is 15.5 Å². The predicted molar refractivity (Wildman–Crippen MR) is 70.8 cm³/mol. The van der Waals surface area contributed by atoms with Crippen LogP contribution in [-0.4, -0.2) is 45.2 Å². The van der Waals surface area contributed by atoms with Crippen molar-refractivity contribution >= 4 is 29.4 Å². The third-order valence-electron chi connectivity index (χ3n) is 2.29. The van der Waals surface area contributed by atoms with Crippen molar-refractivity contribution in [3.8, 4) is 0 Å². The topological polar surface area (TPSA) is 74.8 Å². The molecule has 1 aromatic heterocycles. The van der Waals surface area contributed by atoms with E-state index in [0.717, 1.165) is 11.5 Å². The Balaban J connectivity index is 1.84. The standard InChI is InChI=1S/C10H13N3O2S2/c14-9-2-1-8(12-13-9)10(15)11-5-7-6-16-3-4-17-7/h1-2,7H,3-6H2,(H,11,15)(H,13,14). The number of H-pyrrole nitrogens is 1. The first-order chi connectivity index (χ1) is 8.25. The van der Waals surface area contributed by atoms with E-state index in [2.05, 4.69) is 15.5 Å². The average molecular weight is 271 g/mol. The molecule has 1 saturated heterocycles. The summed E-state index contributed by atoms with van der Waals surface area (Å²) in [5.41, 5.74) is -0.0566. The number of rotatable bonds is 3. The van der Waals surface area contributed by atoms with E-state index in [1.165, 1.54) is 17.9 Å². The summed E-state index contributed by atoms with van der Waals surface area (Å²) in [5, 5.41) is 9.23. The minimum absolute atomic E-state index is 0.238. The van der Waals surface area contributed by atoms with E-state index < -0.39 is 0 Å². The number of carbonyl (C=O) groups is 1. The van der Waals surface area contributed by atoms with E-state index in [0.29, 0.717) is 11.8 Å². The molecule has 2 rings (SSSR count). The Labute approximate surface area is 107 Å². The maximum absolute atomic E-state index is 11.7. The third-order valence-corrected chi connectivity index (χ3v) is 5.13. The van der Waals surface area contributed by atoms with Crippen molar-refractivity contribution in [2.75, 3.05) is 23.8 Å². The highest BCUT2D eigenvalue weighted by Gasteiger charge is 2.16. The monoisotopic (exact) mass is 271 g/mol. The first kappa shape index (κ1) is 12.5. The molecule has 0 radical (unpaired) electrons. The van der Waals surface area contributed by atoms with Crippen LogP contribution in [0.1, 0.15) is 10.5 Å². The van der Waals surface area contributed by atoms with Crippen molar-refractivity contribution in [2.24, 2.45) is 0 Å². The van der Waals surface area contributed by atoms with Crippen molar-refractivity contribution in [2.45, 2.75) is 5.25 Å². The molecule has 2 N–H and O–H groups in total. The number of aromatic nitrogens is 2. The summed E-state index contributed by atoms with van der Waals surface area (Å²) in [5.74, 6) is 3.17. The smallest absolute Gasteiger partial charge is 0.271 e. The minimum Gasteiger partial charge on any atom is -0.349 e. The number of nitrogens with one attached hydrogen (secondary N) is 2. The maximum Gasteiger partial charge on any atom is 0.271 e. The molecule has 0 saturated carbocycles. The molecule has 1 amide bonds. The van der Waals surface area contributed by atoms with Gasteiger partial charge in [0.05, 0.1) is 0 Å². The van der Waals surface area contributed by atoms with E-state index in [4.69, 9.17) is 0 Å². The fourth-order valence-corrected chi connectivity index (χ4v) is 4.03. The Bertz CT molecular complexity index is 423. The van der Waals surface area contributed by atoms with Crippen LogP contribution in [0.15, 0.2) is 16.9 Å². The lowest BCUT2D eigenvalue weighted by molar-refractivity contribution is 0.0948. The number of hydrogen-bond acceptors (Lipinski definition) is 5. The Kier molecular flexibility index (Phi) is 4.49. The molecular formula is C10H13N3O2S2. The highest BCUT2D eigenvalue weighted by Crippen LogP contribution is 2.23. The Morgan fingerprint density at radius 2 is 2.41 bits per heavy atom. The predicted octanol–water partition coefficient (Wildman–Crippen LogP) is 0.348. The second-order valence-electron chi connectivity index (χ2n) is 3.58. The molecule has 5 nitrogen and oxygen atoms in total. The molecule has 92 valence electrons. The van der Waals surface area contributed by atoms with Gasteiger partial charge >= 0.3 is 0 Å². The Morgan fingerprint density at radius 1 is 1.53 bits per heavy atom. The number of carbonyl (C=O) groups excluding carboxylic acids is 1. The summed E-state index contributed by atoms with van der Waals surface area (Å²) in [4.78, 5) is 22.5. The summed E-state index contributed by atoms with van der Waals surface area (Å²) >= 11 is 3.81. The molecule has 1 unspecified atom stereocenters. The van der Waals surface area contributed by atoms with E-state index in [-0.39, 0.29) is 17.2 Å². The SMILES string of the molecule is O=C(NCC1CSCCS1)c1ccc(=O)[nH]n1. The van der Waals surface area contributed by atoms with Gasteiger partial charge in [0.15, 0.2) is 0 Å². The lowest BCUT2D eigenvalue weighted by Crippen LogP contribution is -2.34. The van der Waals surface area contributed by atoms with E-state index in [1.54, 1.807) is 0 Å². The highest BCUT2D eigenvalue weighted by molar-refractivity contribution is 8.06. The van der Waals surface area contributed by atoms with Crippen molar-refractivity contribution in [3.63, 3.8) is 0 Å². The van der Waals surface area contributed by atoms with Gasteiger partial charge in [0, 0.05) is 35.1 Å². The molecule has 1 atom stereocenters. The van der Waals surface area contributed by atoms with Crippen LogP contribution < -0.4 is 10.9 Å². The number of amides is 1. The zero-order valence-corrected chi connectivity index (χ0v) is 10.8. The third kappa shape index (κ3) is 3.78. The summed E-state index contributed by atoms with van der Waals surface area (Å²) < 4.78 is 0. The molecular weight excluding hydrogens is 258 g/mol. The van der Waals surface area contributed by atoms with Gasteiger partial charge in [-0.15, -0.1) is 0 Å². The van der Waals surface area contributed by atoms with Gasteiger partial charge in [-0.05, 0) is 6.07 Å². The van der Waals surface area contributed by atoms with Crippen LogP contribution in [0, 0.1) is 0 Å². The van der Waals surface area contributed by atoms with E-state index >= 15 is 0 Å². The Hall–Kier alpha value is -0.950. The molecule has 0 bridgehead atoms. The maximum atomic E-state index is 11.7. The molecule has 0 aromatic carbocycles. The van der Waals surface area contributed by atoms with Crippen molar-refractivity contribution in [3.05, 3.63) is 28.2 Å². The molecule has 0 spiro atoms. The molecule has 1 aromatic rings. The van der Waals surface area contributed by atoms with Crippen LogP contribution in [0.3, 0.4) is 0 Å². The fraction of sp³-hybridized carbons (Fsp3) is 0.500. The lowest BCUT2D eigenvalue weighted by Gasteiger charge is -2.20. The second kappa shape index (κ2) is 6.11. The molecule has 1 aliphatic heterocycles. The summed E-state index contributed by atoms with van der Waals surface area (Å²) in [7, 11) is 0. The lowest BCUT2D eigenvalue weighted by atomic mass is 10.3. The number of thioether (sulfide) groups is 2. The Morgan fingerprint density at radius 3 is 3.06 bits per heavy atom. The van der Waals surface area contributed by atoms with Gasteiger partial charge in [-0.3, -0.25) is 9.59 Å². The van der Waals surface area contributed by atoms with Crippen LogP contribution in [0.4, 0.5) is 0 Å². The molecule has 17 heavy (non-hydrogen) atoms. The molecule has 1 fully saturated rings. The zero-order valence-electron chi connectivity index (χ0n) is 9.14. The van der Waals surface area contributed by atoms with Gasteiger partial charge in [0.25, 0.3) is 11.5 Å². The van der Waals surface area contributed by atoms with Crippen LogP contribution in [-0.2, 0) is 0 Å². The average Bonchev–Trinajstić information content (AvgIpc) is 2.38. The van der Waals surface area contributed by atoms with E-state index in [9.17, 15) is 9.59 Å². The molecule has 7 heteroatoms. The fourth-order valence-electron chi connectivity index (χ4n) is 1.42.